The molecule has 11 heteroatoms. The molecule has 7 nitrogen and oxygen atoms in total. The first kappa shape index (κ1) is 24.9. The highest BCUT2D eigenvalue weighted by molar-refractivity contribution is 7.89. The number of esters is 1. The van der Waals surface area contributed by atoms with Crippen LogP contribution in [0.5, 0.6) is 0 Å². The molecule has 0 aliphatic heterocycles. The van der Waals surface area contributed by atoms with Crippen LogP contribution in [0.3, 0.4) is 0 Å². The average molecular weight is 492 g/mol. The maximum absolute atomic E-state index is 13.0. The highest BCUT2D eigenvalue weighted by atomic mass is 32.2. The number of aryl methyl sites for hydroxylation is 1. The molecule has 34 heavy (non-hydrogen) atoms. The first-order valence-corrected chi connectivity index (χ1v) is 11.3. The number of nitrogens with one attached hydrogen (secondary N) is 1. The predicted octanol–water partition coefficient (Wildman–Crippen LogP) is 4.20. The number of hydrogen-bond acceptors (Lipinski definition) is 5. The van der Waals surface area contributed by atoms with E-state index in [2.05, 4.69) is 5.32 Å². The van der Waals surface area contributed by atoms with Gasteiger partial charge in [0.1, 0.15) is 0 Å². The van der Waals surface area contributed by atoms with Crippen molar-refractivity contribution in [1.82, 2.24) is 0 Å². The van der Waals surface area contributed by atoms with E-state index in [-0.39, 0.29) is 21.7 Å². The minimum absolute atomic E-state index is 0.140. The Morgan fingerprint density at radius 1 is 0.971 bits per heavy atom. The van der Waals surface area contributed by atoms with Crippen LogP contribution in [-0.2, 0) is 25.7 Å². The molecule has 0 fully saturated rings. The van der Waals surface area contributed by atoms with Gasteiger partial charge in [0.15, 0.2) is 0 Å². The largest absolute Gasteiger partial charge is 0.444 e. The summed E-state index contributed by atoms with van der Waals surface area (Å²) in [6.45, 7) is 1.53. The molecule has 0 spiro atoms. The van der Waals surface area contributed by atoms with Gasteiger partial charge in [0, 0.05) is 11.3 Å². The summed E-state index contributed by atoms with van der Waals surface area (Å²) < 4.78 is 67.7. The number of hydrogen-bond donors (Lipinski definition) is 2. The number of sulfonamides is 1. The summed E-state index contributed by atoms with van der Waals surface area (Å²) in [6.07, 6.45) is -6.15. The first-order valence-electron chi connectivity index (χ1n) is 9.74. The third-order valence-electron chi connectivity index (χ3n) is 4.78. The Morgan fingerprint density at radius 2 is 1.65 bits per heavy atom. The number of halogens is 3. The van der Waals surface area contributed by atoms with E-state index >= 15 is 0 Å². The molecule has 0 bridgehead atoms. The summed E-state index contributed by atoms with van der Waals surface area (Å²) in [5.74, 6) is -1.92. The smallest absolute Gasteiger partial charge is 0.416 e. The SMILES string of the molecule is Cc1ccc(S(N)(=O)=O)cc1C(=O)OC(C(=O)Nc1cccc(C(F)(F)F)c1)c1ccccc1. The fourth-order valence-electron chi connectivity index (χ4n) is 3.05. The van der Waals surface area contributed by atoms with Crippen LogP contribution in [0, 0.1) is 6.92 Å². The zero-order valence-electron chi connectivity index (χ0n) is 17.7. The topological polar surface area (TPSA) is 116 Å². The lowest BCUT2D eigenvalue weighted by Crippen LogP contribution is -2.26. The van der Waals surface area contributed by atoms with Gasteiger partial charge < -0.3 is 10.1 Å². The Balaban J connectivity index is 1.93. The van der Waals surface area contributed by atoms with E-state index in [1.807, 2.05) is 0 Å². The molecule has 0 aliphatic carbocycles. The third-order valence-corrected chi connectivity index (χ3v) is 5.69. The van der Waals surface area contributed by atoms with Gasteiger partial charge in [-0.3, -0.25) is 4.79 Å². The summed E-state index contributed by atoms with van der Waals surface area (Å²) in [5.41, 5.74) is -0.638. The molecule has 3 aromatic carbocycles. The van der Waals surface area contributed by atoms with E-state index in [1.165, 1.54) is 37.3 Å². The van der Waals surface area contributed by atoms with E-state index in [1.54, 1.807) is 18.2 Å². The highest BCUT2D eigenvalue weighted by Gasteiger charge is 2.31. The number of amides is 1. The number of anilines is 1. The van der Waals surface area contributed by atoms with E-state index in [4.69, 9.17) is 9.88 Å². The van der Waals surface area contributed by atoms with Crippen molar-refractivity contribution in [3.63, 3.8) is 0 Å². The number of ether oxygens (including phenoxy) is 1. The van der Waals surface area contributed by atoms with Crippen LogP contribution in [0.25, 0.3) is 0 Å². The van der Waals surface area contributed by atoms with Crippen LogP contribution in [0.2, 0.25) is 0 Å². The van der Waals surface area contributed by atoms with Crippen LogP contribution >= 0.6 is 0 Å². The van der Waals surface area contributed by atoms with Crippen LogP contribution in [0.1, 0.15) is 33.2 Å². The quantitative estimate of drug-likeness (QED) is 0.501. The molecule has 0 aromatic heterocycles. The summed E-state index contributed by atoms with van der Waals surface area (Å²) in [7, 11) is -4.11. The van der Waals surface area contributed by atoms with Crippen molar-refractivity contribution in [3.05, 3.63) is 95.1 Å². The zero-order chi connectivity index (χ0) is 25.1. The molecule has 1 amide bonds. The second-order valence-corrected chi connectivity index (χ2v) is 8.85. The summed E-state index contributed by atoms with van der Waals surface area (Å²) >= 11 is 0. The molecule has 0 aliphatic rings. The van der Waals surface area contributed by atoms with E-state index in [9.17, 15) is 31.2 Å². The van der Waals surface area contributed by atoms with Crippen molar-refractivity contribution in [2.75, 3.05) is 5.32 Å². The minimum atomic E-state index is -4.61. The Kier molecular flexibility index (Phi) is 7.08. The number of benzene rings is 3. The van der Waals surface area contributed by atoms with Crippen LogP contribution < -0.4 is 10.5 Å². The Hall–Kier alpha value is -3.70. The van der Waals surface area contributed by atoms with E-state index in [0.717, 1.165) is 24.3 Å². The molecule has 0 heterocycles. The number of carbonyl (C=O) groups excluding carboxylic acids is 2. The summed E-state index contributed by atoms with van der Waals surface area (Å²) in [4.78, 5) is 25.5. The first-order chi connectivity index (χ1) is 15.9. The molecule has 3 N–H and O–H groups in total. The molecular weight excluding hydrogens is 473 g/mol. The lowest BCUT2D eigenvalue weighted by molar-refractivity contribution is -0.137. The predicted molar refractivity (Wildman–Crippen MR) is 117 cm³/mol. The fraction of sp³-hybridized carbons (Fsp3) is 0.130. The van der Waals surface area contributed by atoms with Crippen molar-refractivity contribution in [2.45, 2.75) is 24.1 Å². The number of carbonyl (C=O) groups is 2. The van der Waals surface area contributed by atoms with Gasteiger partial charge in [-0.1, -0.05) is 42.5 Å². The Bertz CT molecular complexity index is 1330. The Morgan fingerprint density at radius 3 is 2.26 bits per heavy atom. The van der Waals surface area contributed by atoms with Gasteiger partial charge in [0.2, 0.25) is 16.1 Å². The normalized spacial score (nSPS) is 12.6. The molecule has 3 rings (SSSR count). The number of alkyl halides is 3. The second kappa shape index (κ2) is 9.65. The van der Waals surface area contributed by atoms with Gasteiger partial charge in [-0.25, -0.2) is 18.4 Å². The molecule has 1 atom stereocenters. The van der Waals surface area contributed by atoms with Crippen molar-refractivity contribution in [3.8, 4) is 0 Å². The minimum Gasteiger partial charge on any atom is -0.444 e. The molecular formula is C23H19F3N2O5S. The fourth-order valence-corrected chi connectivity index (χ4v) is 3.59. The van der Waals surface area contributed by atoms with Crippen LogP contribution in [0.4, 0.5) is 18.9 Å². The number of primary sulfonamides is 1. The van der Waals surface area contributed by atoms with E-state index in [0.29, 0.717) is 5.56 Å². The van der Waals surface area contributed by atoms with Gasteiger partial charge >= 0.3 is 12.1 Å². The molecule has 0 saturated heterocycles. The summed E-state index contributed by atoms with van der Waals surface area (Å²) in [6, 6.07) is 15.4. The van der Waals surface area contributed by atoms with Crippen LogP contribution in [-0.4, -0.2) is 20.3 Å². The van der Waals surface area contributed by atoms with Gasteiger partial charge in [-0.05, 0) is 42.8 Å². The molecule has 0 saturated carbocycles. The van der Waals surface area contributed by atoms with Gasteiger partial charge in [0.05, 0.1) is 16.0 Å². The maximum atomic E-state index is 13.0. The van der Waals surface area contributed by atoms with Crippen LogP contribution in [0.15, 0.2) is 77.7 Å². The molecule has 0 radical (unpaired) electrons. The van der Waals surface area contributed by atoms with Gasteiger partial charge in [-0.15, -0.1) is 0 Å². The zero-order valence-corrected chi connectivity index (χ0v) is 18.5. The molecule has 1 unspecified atom stereocenters. The lowest BCUT2D eigenvalue weighted by atomic mass is 10.1. The Labute approximate surface area is 193 Å². The highest BCUT2D eigenvalue weighted by Crippen LogP contribution is 2.31. The lowest BCUT2D eigenvalue weighted by Gasteiger charge is -2.19. The monoisotopic (exact) mass is 492 g/mol. The maximum Gasteiger partial charge on any atom is 0.416 e. The third kappa shape index (κ3) is 6.00. The standard InChI is InChI=1S/C23H19F3N2O5S/c1-14-10-11-18(34(27,31)32)13-19(14)22(30)33-20(15-6-3-2-4-7-15)21(29)28-17-9-5-8-16(12-17)23(24,25)26/h2-13,20H,1H3,(H,28,29)(H2,27,31,32). The average Bonchev–Trinajstić information content (AvgIpc) is 2.77. The second-order valence-electron chi connectivity index (χ2n) is 7.29. The van der Waals surface area contributed by atoms with Crippen molar-refractivity contribution < 1.29 is 35.9 Å². The van der Waals surface area contributed by atoms with Gasteiger partial charge in [0.25, 0.3) is 5.91 Å². The van der Waals surface area contributed by atoms with Crippen molar-refractivity contribution in [1.29, 1.82) is 0 Å². The molecule has 178 valence electrons. The van der Waals surface area contributed by atoms with Gasteiger partial charge in [-0.2, -0.15) is 13.2 Å². The van der Waals surface area contributed by atoms with Crippen molar-refractivity contribution >= 4 is 27.6 Å². The molecule has 3 aromatic rings. The number of nitrogens with two attached hydrogens (primary N) is 1. The van der Waals surface area contributed by atoms with Crippen molar-refractivity contribution in [2.24, 2.45) is 5.14 Å². The number of rotatable bonds is 6. The summed E-state index contributed by atoms with van der Waals surface area (Å²) in [5, 5.41) is 7.45. The van der Waals surface area contributed by atoms with E-state index < -0.39 is 39.7 Å².